The van der Waals surface area contributed by atoms with E-state index in [1.807, 2.05) is 6.92 Å². The molecule has 1 aliphatic rings. The summed E-state index contributed by atoms with van der Waals surface area (Å²) in [5, 5.41) is 9.44. The van der Waals surface area contributed by atoms with Gasteiger partial charge in [-0.2, -0.15) is 5.10 Å². The molecule has 2 heterocycles. The van der Waals surface area contributed by atoms with E-state index in [1.165, 1.54) is 17.8 Å². The lowest BCUT2D eigenvalue weighted by Gasteiger charge is -2.15. The normalized spacial score (nSPS) is 18.6. The molecule has 1 aromatic heterocycles. The Morgan fingerprint density at radius 1 is 1.42 bits per heavy atom. The van der Waals surface area contributed by atoms with Crippen molar-refractivity contribution in [1.82, 2.24) is 10.2 Å². The highest BCUT2D eigenvalue weighted by Gasteiger charge is 2.29. The Morgan fingerprint density at radius 2 is 2.21 bits per heavy atom. The molecule has 4 nitrogen and oxygen atoms in total. The second kappa shape index (κ2) is 4.70. The number of anilines is 1. The van der Waals surface area contributed by atoms with Crippen molar-refractivity contribution in [3.63, 3.8) is 0 Å². The first-order valence-corrected chi connectivity index (χ1v) is 6.92. The summed E-state index contributed by atoms with van der Waals surface area (Å²) in [5.41, 5.74) is 2.27. The van der Waals surface area contributed by atoms with Crippen molar-refractivity contribution in [1.29, 1.82) is 0 Å². The molecule has 0 saturated carbocycles. The SMILES string of the molecule is Cc1[nH]nc2c1C(c1ccccc1F)SCC(=O)N2. The fourth-order valence-electron chi connectivity index (χ4n) is 2.20. The number of carbonyl (C=O) groups excluding carboxylic acids is 1. The summed E-state index contributed by atoms with van der Waals surface area (Å²) in [4.78, 5) is 11.6. The number of H-pyrrole nitrogens is 1. The molecule has 1 aliphatic heterocycles. The third-order valence-corrected chi connectivity index (χ3v) is 4.34. The van der Waals surface area contributed by atoms with Crippen LogP contribution in [0.15, 0.2) is 24.3 Å². The van der Waals surface area contributed by atoms with E-state index in [9.17, 15) is 9.18 Å². The third kappa shape index (κ3) is 2.12. The van der Waals surface area contributed by atoms with E-state index in [2.05, 4.69) is 15.5 Å². The highest BCUT2D eigenvalue weighted by Crippen LogP contribution is 2.42. The molecule has 98 valence electrons. The summed E-state index contributed by atoms with van der Waals surface area (Å²) >= 11 is 1.41. The van der Waals surface area contributed by atoms with E-state index in [4.69, 9.17) is 0 Å². The van der Waals surface area contributed by atoms with Gasteiger partial charge >= 0.3 is 0 Å². The van der Waals surface area contributed by atoms with E-state index in [0.717, 1.165) is 11.3 Å². The number of fused-ring (bicyclic) bond motifs is 1. The molecule has 0 fully saturated rings. The predicted octanol–water partition coefficient (Wildman–Crippen LogP) is 2.63. The van der Waals surface area contributed by atoms with Crippen molar-refractivity contribution in [2.45, 2.75) is 12.2 Å². The number of thioether (sulfide) groups is 1. The maximum atomic E-state index is 14.0. The Kier molecular flexibility index (Phi) is 3.02. The Morgan fingerprint density at radius 3 is 3.00 bits per heavy atom. The molecular weight excluding hydrogens is 265 g/mol. The molecule has 1 aromatic carbocycles. The second-order valence-corrected chi connectivity index (χ2v) is 5.47. The van der Waals surface area contributed by atoms with Gasteiger partial charge in [0.15, 0.2) is 5.82 Å². The van der Waals surface area contributed by atoms with Crippen molar-refractivity contribution < 1.29 is 9.18 Å². The number of aryl methyl sites for hydroxylation is 1. The van der Waals surface area contributed by atoms with Gasteiger partial charge in [-0.3, -0.25) is 9.89 Å². The molecule has 3 rings (SSSR count). The summed E-state index contributed by atoms with van der Waals surface area (Å²) in [6.07, 6.45) is 0. The first-order chi connectivity index (χ1) is 9.16. The van der Waals surface area contributed by atoms with Crippen LogP contribution in [0.2, 0.25) is 0 Å². The quantitative estimate of drug-likeness (QED) is 0.842. The van der Waals surface area contributed by atoms with Gasteiger partial charge in [0.1, 0.15) is 5.82 Å². The van der Waals surface area contributed by atoms with Crippen molar-refractivity contribution in [3.8, 4) is 0 Å². The van der Waals surface area contributed by atoms with Crippen LogP contribution >= 0.6 is 11.8 Å². The van der Waals surface area contributed by atoms with Crippen LogP contribution < -0.4 is 5.32 Å². The van der Waals surface area contributed by atoms with E-state index < -0.39 is 0 Å². The number of nitrogens with zero attached hydrogens (tertiary/aromatic N) is 1. The van der Waals surface area contributed by atoms with Gasteiger partial charge in [-0.1, -0.05) is 18.2 Å². The molecule has 6 heteroatoms. The van der Waals surface area contributed by atoms with Gasteiger partial charge in [0.25, 0.3) is 0 Å². The number of hydrogen-bond donors (Lipinski definition) is 2. The van der Waals surface area contributed by atoms with Gasteiger partial charge in [-0.15, -0.1) is 11.8 Å². The molecule has 0 radical (unpaired) electrons. The number of aromatic amines is 1. The maximum Gasteiger partial charge on any atom is 0.235 e. The van der Waals surface area contributed by atoms with E-state index in [1.54, 1.807) is 18.2 Å². The first-order valence-electron chi connectivity index (χ1n) is 5.87. The van der Waals surface area contributed by atoms with Crippen LogP contribution in [-0.4, -0.2) is 21.9 Å². The zero-order valence-electron chi connectivity index (χ0n) is 10.2. The Bertz CT molecular complexity index is 641. The highest BCUT2D eigenvalue weighted by atomic mass is 32.2. The number of aromatic nitrogens is 2. The van der Waals surface area contributed by atoms with Crippen LogP contribution in [0.4, 0.5) is 10.2 Å². The van der Waals surface area contributed by atoms with Gasteiger partial charge in [-0.05, 0) is 13.0 Å². The van der Waals surface area contributed by atoms with Gasteiger partial charge < -0.3 is 5.32 Å². The van der Waals surface area contributed by atoms with Gasteiger partial charge in [0.2, 0.25) is 5.91 Å². The van der Waals surface area contributed by atoms with Crippen molar-refractivity contribution in [2.24, 2.45) is 0 Å². The zero-order chi connectivity index (χ0) is 13.4. The number of nitrogens with one attached hydrogen (secondary N) is 2. The molecule has 1 amide bonds. The van der Waals surface area contributed by atoms with Crippen LogP contribution in [0.25, 0.3) is 0 Å². The topological polar surface area (TPSA) is 57.8 Å². The lowest BCUT2D eigenvalue weighted by Crippen LogP contribution is -2.12. The molecule has 1 atom stereocenters. The van der Waals surface area contributed by atoms with Gasteiger partial charge in [-0.25, -0.2) is 4.39 Å². The predicted molar refractivity (Wildman–Crippen MR) is 72.7 cm³/mol. The number of rotatable bonds is 1. The monoisotopic (exact) mass is 277 g/mol. The van der Waals surface area contributed by atoms with Crippen LogP contribution in [0.3, 0.4) is 0 Å². The summed E-state index contributed by atoms with van der Waals surface area (Å²) in [7, 11) is 0. The minimum atomic E-state index is -0.263. The largest absolute Gasteiger partial charge is 0.308 e. The fourth-order valence-corrected chi connectivity index (χ4v) is 3.41. The zero-order valence-corrected chi connectivity index (χ0v) is 11.1. The number of hydrogen-bond acceptors (Lipinski definition) is 3. The lowest BCUT2D eigenvalue weighted by atomic mass is 10.0. The molecule has 0 aliphatic carbocycles. The van der Waals surface area contributed by atoms with Crippen LogP contribution in [-0.2, 0) is 4.79 Å². The lowest BCUT2D eigenvalue weighted by molar-refractivity contribution is -0.113. The molecule has 1 unspecified atom stereocenters. The average molecular weight is 277 g/mol. The maximum absolute atomic E-state index is 14.0. The Labute approximate surface area is 113 Å². The molecule has 2 aromatic rings. The third-order valence-electron chi connectivity index (χ3n) is 3.08. The molecule has 2 N–H and O–H groups in total. The van der Waals surface area contributed by atoms with Crippen molar-refractivity contribution in [3.05, 3.63) is 46.9 Å². The summed E-state index contributed by atoms with van der Waals surface area (Å²) in [6.45, 7) is 1.87. The Hall–Kier alpha value is -1.82. The molecule has 0 spiro atoms. The van der Waals surface area contributed by atoms with E-state index in [0.29, 0.717) is 11.4 Å². The van der Waals surface area contributed by atoms with Crippen molar-refractivity contribution >= 4 is 23.5 Å². The van der Waals surface area contributed by atoms with Crippen LogP contribution in [0.5, 0.6) is 0 Å². The van der Waals surface area contributed by atoms with Gasteiger partial charge in [0.05, 0.1) is 11.0 Å². The van der Waals surface area contributed by atoms with Crippen LogP contribution in [0.1, 0.15) is 22.1 Å². The second-order valence-electron chi connectivity index (χ2n) is 4.37. The first kappa shape index (κ1) is 12.2. The minimum absolute atomic E-state index is 0.114. The Balaban J connectivity index is 2.14. The number of amides is 1. The highest BCUT2D eigenvalue weighted by molar-refractivity contribution is 8.00. The van der Waals surface area contributed by atoms with Gasteiger partial charge in [0, 0.05) is 16.8 Å². The summed E-state index contributed by atoms with van der Waals surface area (Å²) in [5.74, 6) is 0.410. The number of benzene rings is 1. The smallest absolute Gasteiger partial charge is 0.235 e. The fraction of sp³-hybridized carbons (Fsp3) is 0.231. The molecule has 0 bridgehead atoms. The molecule has 19 heavy (non-hydrogen) atoms. The van der Waals surface area contributed by atoms with E-state index in [-0.39, 0.29) is 22.7 Å². The minimum Gasteiger partial charge on any atom is -0.308 e. The van der Waals surface area contributed by atoms with Crippen LogP contribution in [0, 0.1) is 12.7 Å². The number of halogens is 1. The van der Waals surface area contributed by atoms with E-state index >= 15 is 0 Å². The summed E-state index contributed by atoms with van der Waals surface area (Å²) < 4.78 is 14.0. The standard InChI is InChI=1S/C13H12FN3OS/c1-7-11-12(8-4-2-3-5-9(8)14)19-6-10(18)15-13(11)17-16-7/h2-5,12H,6H2,1H3,(H2,15,16,17,18). The molecular formula is C13H12FN3OS. The number of carbonyl (C=O) groups is 1. The average Bonchev–Trinajstić information content (AvgIpc) is 2.65. The van der Waals surface area contributed by atoms with Crippen molar-refractivity contribution in [2.75, 3.05) is 11.1 Å². The summed E-state index contributed by atoms with van der Waals surface area (Å²) in [6, 6.07) is 6.64. The molecule has 0 saturated heterocycles.